The Morgan fingerprint density at radius 2 is 2.00 bits per heavy atom. The van der Waals surface area contributed by atoms with Crippen LogP contribution in [0.5, 0.6) is 5.75 Å². The Balaban J connectivity index is 2.71. The topological polar surface area (TPSA) is 22.1 Å². The largest absolute Gasteiger partial charge is 0.491 e. The minimum Gasteiger partial charge on any atom is -0.491 e. The Hall–Kier alpha value is -0.780. The van der Waals surface area contributed by atoms with E-state index < -0.39 is 18.8 Å². The molecule has 1 atom stereocenters. The molecule has 0 bridgehead atoms. The minimum absolute atomic E-state index is 0.0143. The molecule has 0 aliphatic rings. The van der Waals surface area contributed by atoms with E-state index in [0.717, 1.165) is 0 Å². The lowest BCUT2D eigenvalue weighted by Gasteiger charge is -2.17. The number of alkyl halides is 3. The normalized spacial score (nSPS) is 13.1. The summed E-state index contributed by atoms with van der Waals surface area (Å²) in [6, 6.07) is 2.94. The van der Waals surface area contributed by atoms with Crippen molar-refractivity contribution >= 4 is 15.9 Å². The van der Waals surface area contributed by atoms with Crippen molar-refractivity contribution in [2.75, 3.05) is 13.3 Å². The van der Waals surface area contributed by atoms with Crippen LogP contribution in [0.15, 0.2) is 16.7 Å². The van der Waals surface area contributed by atoms with Crippen molar-refractivity contribution in [2.24, 2.45) is 11.8 Å². The van der Waals surface area contributed by atoms with E-state index in [1.165, 1.54) is 12.1 Å². The van der Waals surface area contributed by atoms with Gasteiger partial charge in [-0.15, -0.1) is 0 Å². The van der Waals surface area contributed by atoms with Gasteiger partial charge in [0.25, 0.3) is 6.43 Å². The predicted octanol–water partition coefficient (Wildman–Crippen LogP) is 4.79. The fourth-order valence-electron chi connectivity index (χ4n) is 1.77. The number of hydrogen-bond acceptors (Lipinski definition) is 2. The molecule has 0 aromatic carbocycles. The number of halogens is 4. The van der Waals surface area contributed by atoms with Crippen LogP contribution < -0.4 is 4.74 Å². The second-order valence-electron chi connectivity index (χ2n) is 4.78. The van der Waals surface area contributed by atoms with Crippen LogP contribution in [-0.2, 0) is 0 Å². The van der Waals surface area contributed by atoms with E-state index >= 15 is 0 Å². The number of ether oxygens (including phenoxy) is 1. The first-order valence-corrected chi connectivity index (χ1v) is 6.86. The first-order valence-electron chi connectivity index (χ1n) is 6.07. The van der Waals surface area contributed by atoms with Gasteiger partial charge in [0.1, 0.15) is 16.0 Å². The summed E-state index contributed by atoms with van der Waals surface area (Å²) in [4.78, 5) is 3.69. The number of pyridine rings is 1. The fraction of sp³-hybridized carbons (Fsp3) is 0.615. The summed E-state index contributed by atoms with van der Waals surface area (Å²) in [6.45, 7) is 3.52. The molecular weight excluding hydrogens is 323 g/mol. The molecular formula is C13H17BrF3NO. The summed E-state index contributed by atoms with van der Waals surface area (Å²) in [5, 5.41) is 0. The first kappa shape index (κ1) is 16.3. The molecule has 0 aliphatic heterocycles. The van der Waals surface area contributed by atoms with Crippen LogP contribution in [0.2, 0.25) is 0 Å². The van der Waals surface area contributed by atoms with Crippen LogP contribution in [0.1, 0.15) is 32.4 Å². The average Bonchev–Trinajstić information content (AvgIpc) is 2.34. The molecule has 0 saturated carbocycles. The van der Waals surface area contributed by atoms with Gasteiger partial charge in [-0.25, -0.2) is 13.8 Å². The molecule has 19 heavy (non-hydrogen) atoms. The zero-order chi connectivity index (χ0) is 14.4. The van der Waals surface area contributed by atoms with E-state index in [2.05, 4.69) is 20.9 Å². The summed E-state index contributed by atoms with van der Waals surface area (Å²) in [6.07, 6.45) is -2.06. The zero-order valence-corrected chi connectivity index (χ0v) is 12.5. The molecule has 0 N–H and O–H groups in total. The van der Waals surface area contributed by atoms with Gasteiger partial charge in [0.2, 0.25) is 0 Å². The molecule has 0 spiro atoms. The standard InChI is InChI=1S/C13H17BrF3NO/c1-8(2)5-9(6-15)7-19-10-3-4-11(14)18-12(10)13(16)17/h3-4,8-9,13H,5-7H2,1-2H3. The summed E-state index contributed by atoms with van der Waals surface area (Å²) in [5.41, 5.74) is -0.420. The van der Waals surface area contributed by atoms with Crippen LogP contribution in [0.25, 0.3) is 0 Å². The third kappa shape index (κ3) is 5.38. The van der Waals surface area contributed by atoms with Gasteiger partial charge in [0, 0.05) is 5.92 Å². The second-order valence-corrected chi connectivity index (χ2v) is 5.59. The highest BCUT2D eigenvalue weighted by Gasteiger charge is 2.18. The van der Waals surface area contributed by atoms with Gasteiger partial charge in [0.15, 0.2) is 0 Å². The summed E-state index contributed by atoms with van der Waals surface area (Å²) in [5.74, 6) is 0.0662. The van der Waals surface area contributed by atoms with Gasteiger partial charge in [-0.3, -0.25) is 4.39 Å². The van der Waals surface area contributed by atoms with Crippen molar-refractivity contribution in [3.63, 3.8) is 0 Å². The van der Waals surface area contributed by atoms with Gasteiger partial charge < -0.3 is 4.74 Å². The Morgan fingerprint density at radius 1 is 1.32 bits per heavy atom. The summed E-state index contributed by atoms with van der Waals surface area (Å²) >= 11 is 3.03. The molecule has 108 valence electrons. The molecule has 1 aromatic heterocycles. The molecule has 1 rings (SSSR count). The first-order chi connectivity index (χ1) is 8.93. The molecule has 2 nitrogen and oxygen atoms in total. The van der Waals surface area contributed by atoms with Crippen LogP contribution in [0.4, 0.5) is 13.2 Å². The van der Waals surface area contributed by atoms with Crippen molar-refractivity contribution in [3.05, 3.63) is 22.4 Å². The third-order valence-corrected chi connectivity index (χ3v) is 3.00. The quantitative estimate of drug-likeness (QED) is 0.666. The van der Waals surface area contributed by atoms with Crippen LogP contribution in [0.3, 0.4) is 0 Å². The highest BCUT2D eigenvalue weighted by Crippen LogP contribution is 2.29. The van der Waals surface area contributed by atoms with Crippen LogP contribution in [0, 0.1) is 11.8 Å². The minimum atomic E-state index is -2.72. The van der Waals surface area contributed by atoms with E-state index in [4.69, 9.17) is 4.74 Å². The predicted molar refractivity (Wildman–Crippen MR) is 71.3 cm³/mol. The van der Waals surface area contributed by atoms with E-state index in [1.807, 2.05) is 13.8 Å². The van der Waals surface area contributed by atoms with Crippen molar-refractivity contribution in [2.45, 2.75) is 26.7 Å². The van der Waals surface area contributed by atoms with Gasteiger partial charge >= 0.3 is 0 Å². The van der Waals surface area contributed by atoms with Gasteiger partial charge in [-0.2, -0.15) is 0 Å². The maximum atomic E-state index is 12.8. The summed E-state index contributed by atoms with van der Waals surface area (Å²) in [7, 11) is 0. The molecule has 0 saturated heterocycles. The van der Waals surface area contributed by atoms with E-state index in [-0.39, 0.29) is 18.3 Å². The lowest BCUT2D eigenvalue weighted by atomic mass is 9.99. The number of aromatic nitrogens is 1. The molecule has 1 aromatic rings. The molecule has 1 heterocycles. The van der Waals surface area contributed by atoms with Crippen LogP contribution >= 0.6 is 15.9 Å². The summed E-state index contributed by atoms with van der Waals surface area (Å²) < 4.78 is 44.0. The number of nitrogens with zero attached hydrogens (tertiary/aromatic N) is 1. The van der Waals surface area contributed by atoms with E-state index in [1.54, 1.807) is 0 Å². The smallest absolute Gasteiger partial charge is 0.284 e. The second kappa shape index (κ2) is 7.72. The van der Waals surface area contributed by atoms with Crippen molar-refractivity contribution < 1.29 is 17.9 Å². The Bertz CT molecular complexity index is 401. The van der Waals surface area contributed by atoms with Crippen LogP contribution in [-0.4, -0.2) is 18.3 Å². The Labute approximate surface area is 119 Å². The van der Waals surface area contributed by atoms with Gasteiger partial charge in [0.05, 0.1) is 13.3 Å². The maximum Gasteiger partial charge on any atom is 0.284 e. The highest BCUT2D eigenvalue weighted by atomic mass is 79.9. The van der Waals surface area contributed by atoms with E-state index in [9.17, 15) is 13.2 Å². The fourth-order valence-corrected chi connectivity index (χ4v) is 2.09. The monoisotopic (exact) mass is 339 g/mol. The molecule has 0 radical (unpaired) electrons. The average molecular weight is 340 g/mol. The third-order valence-electron chi connectivity index (χ3n) is 2.56. The maximum absolute atomic E-state index is 12.8. The van der Waals surface area contributed by atoms with Crippen molar-refractivity contribution in [3.8, 4) is 5.75 Å². The molecule has 1 unspecified atom stereocenters. The number of rotatable bonds is 7. The Morgan fingerprint density at radius 3 is 2.53 bits per heavy atom. The Kier molecular flexibility index (Phi) is 6.62. The van der Waals surface area contributed by atoms with Crippen molar-refractivity contribution in [1.82, 2.24) is 4.98 Å². The SMILES string of the molecule is CC(C)CC(CF)COc1ccc(Br)nc1C(F)F. The van der Waals surface area contributed by atoms with Crippen molar-refractivity contribution in [1.29, 1.82) is 0 Å². The molecule has 0 amide bonds. The lowest BCUT2D eigenvalue weighted by Crippen LogP contribution is -2.17. The lowest BCUT2D eigenvalue weighted by molar-refractivity contribution is 0.133. The molecule has 0 aliphatic carbocycles. The highest BCUT2D eigenvalue weighted by molar-refractivity contribution is 9.10. The molecule has 0 fully saturated rings. The molecule has 6 heteroatoms. The van der Waals surface area contributed by atoms with Gasteiger partial charge in [-0.1, -0.05) is 13.8 Å². The number of hydrogen-bond donors (Lipinski definition) is 0. The van der Waals surface area contributed by atoms with E-state index in [0.29, 0.717) is 16.9 Å². The van der Waals surface area contributed by atoms with Gasteiger partial charge in [-0.05, 0) is 40.4 Å². The zero-order valence-electron chi connectivity index (χ0n) is 10.9.